The van der Waals surface area contributed by atoms with E-state index in [9.17, 15) is 4.79 Å². The van der Waals surface area contributed by atoms with Gasteiger partial charge in [0.2, 0.25) is 0 Å². The molecule has 23 heavy (non-hydrogen) atoms. The molecule has 3 rings (SSSR count). The summed E-state index contributed by atoms with van der Waals surface area (Å²) in [6.45, 7) is 8.83. The van der Waals surface area contributed by atoms with Gasteiger partial charge < -0.3 is 10.2 Å². The molecule has 3 nitrogen and oxygen atoms in total. The highest BCUT2D eigenvalue weighted by molar-refractivity contribution is 5.96. The van der Waals surface area contributed by atoms with Gasteiger partial charge in [0, 0.05) is 17.5 Å². The minimum Gasteiger partial charge on any atom is -0.324 e. The van der Waals surface area contributed by atoms with E-state index in [0.717, 1.165) is 24.2 Å². The van der Waals surface area contributed by atoms with Gasteiger partial charge in [-0.15, -0.1) is 0 Å². The number of anilines is 1. The number of likely N-dealkylation sites (tertiary alicyclic amines) is 1. The van der Waals surface area contributed by atoms with Gasteiger partial charge in [0.05, 0.1) is 13.1 Å². The molecule has 3 atom stereocenters. The van der Waals surface area contributed by atoms with Crippen molar-refractivity contribution in [2.45, 2.75) is 33.2 Å². The third-order valence-corrected chi connectivity index (χ3v) is 5.05. The lowest BCUT2D eigenvalue weighted by Crippen LogP contribution is -3.18. The molecule has 1 aliphatic heterocycles. The normalized spacial score (nSPS) is 26.0. The van der Waals surface area contributed by atoms with Crippen LogP contribution in [0.15, 0.2) is 42.5 Å². The average molecular weight is 311 g/mol. The van der Waals surface area contributed by atoms with Gasteiger partial charge in [0.15, 0.2) is 6.04 Å². The molecule has 0 unspecified atom stereocenters. The highest BCUT2D eigenvalue weighted by Gasteiger charge is 2.32. The number of hydrogen-bond acceptors (Lipinski definition) is 1. The van der Waals surface area contributed by atoms with Crippen LogP contribution in [0.1, 0.15) is 27.2 Å². The summed E-state index contributed by atoms with van der Waals surface area (Å²) in [4.78, 5) is 14.0. The van der Waals surface area contributed by atoms with Crippen LogP contribution in [0, 0.1) is 11.8 Å². The van der Waals surface area contributed by atoms with Crippen LogP contribution in [0.3, 0.4) is 0 Å². The lowest BCUT2D eigenvalue weighted by atomic mass is 9.91. The number of amides is 1. The molecule has 1 fully saturated rings. The summed E-state index contributed by atoms with van der Waals surface area (Å²) in [5.41, 5.74) is 0.887. The number of fused-ring (bicyclic) bond motifs is 1. The van der Waals surface area contributed by atoms with E-state index in [-0.39, 0.29) is 11.9 Å². The van der Waals surface area contributed by atoms with Gasteiger partial charge >= 0.3 is 0 Å². The van der Waals surface area contributed by atoms with E-state index >= 15 is 0 Å². The fourth-order valence-corrected chi connectivity index (χ4v) is 3.89. The smallest absolute Gasteiger partial charge is 0.282 e. The van der Waals surface area contributed by atoms with Crippen molar-refractivity contribution < 1.29 is 9.69 Å². The van der Waals surface area contributed by atoms with E-state index in [2.05, 4.69) is 50.4 Å². The first-order valence-electron chi connectivity index (χ1n) is 8.67. The summed E-state index contributed by atoms with van der Waals surface area (Å²) >= 11 is 0. The Kier molecular flexibility index (Phi) is 4.67. The Hall–Kier alpha value is -1.87. The van der Waals surface area contributed by atoms with Crippen molar-refractivity contribution in [1.82, 2.24) is 0 Å². The van der Waals surface area contributed by atoms with Gasteiger partial charge in [-0.3, -0.25) is 4.79 Å². The molecule has 0 aromatic heterocycles. The van der Waals surface area contributed by atoms with E-state index in [4.69, 9.17) is 0 Å². The number of carbonyl (C=O) groups is 1. The third kappa shape index (κ3) is 3.73. The predicted molar refractivity (Wildman–Crippen MR) is 95.7 cm³/mol. The van der Waals surface area contributed by atoms with Crippen molar-refractivity contribution in [2.24, 2.45) is 11.8 Å². The summed E-state index contributed by atoms with van der Waals surface area (Å²) in [6.07, 6.45) is 1.28. The second kappa shape index (κ2) is 6.71. The first-order valence-corrected chi connectivity index (χ1v) is 8.67. The molecule has 2 aromatic carbocycles. The molecular formula is C20H27N2O+. The van der Waals surface area contributed by atoms with Crippen LogP contribution < -0.4 is 10.2 Å². The molecule has 2 N–H and O–H groups in total. The molecule has 0 aliphatic carbocycles. The van der Waals surface area contributed by atoms with Crippen LogP contribution in [0.2, 0.25) is 0 Å². The third-order valence-electron chi connectivity index (χ3n) is 5.05. The number of nitrogens with one attached hydrogen (secondary N) is 2. The van der Waals surface area contributed by atoms with Gasteiger partial charge in [-0.05, 0) is 36.2 Å². The van der Waals surface area contributed by atoms with Crippen LogP contribution in [0.4, 0.5) is 5.69 Å². The number of quaternary nitrogens is 1. The molecular weight excluding hydrogens is 284 g/mol. The minimum atomic E-state index is -0.00771. The molecule has 122 valence electrons. The first-order chi connectivity index (χ1) is 11.0. The Labute approximate surface area is 138 Å². The van der Waals surface area contributed by atoms with E-state index in [0.29, 0.717) is 11.8 Å². The molecule has 3 heteroatoms. The number of rotatable bonds is 3. The highest BCUT2D eigenvalue weighted by atomic mass is 16.2. The molecule has 2 aromatic rings. The van der Waals surface area contributed by atoms with Crippen molar-refractivity contribution in [1.29, 1.82) is 0 Å². The Morgan fingerprint density at radius 1 is 1.09 bits per heavy atom. The maximum Gasteiger partial charge on any atom is 0.282 e. The summed E-state index contributed by atoms with van der Waals surface area (Å²) in [5.74, 6) is 1.52. The van der Waals surface area contributed by atoms with Crippen LogP contribution in [0.25, 0.3) is 10.8 Å². The Balaban J connectivity index is 1.69. The monoisotopic (exact) mass is 311 g/mol. The molecule has 0 saturated carbocycles. The number of hydrogen-bond donors (Lipinski definition) is 2. The van der Waals surface area contributed by atoms with Crippen molar-refractivity contribution in [3.63, 3.8) is 0 Å². The zero-order valence-electron chi connectivity index (χ0n) is 14.3. The predicted octanol–water partition coefficient (Wildman–Crippen LogP) is 2.73. The van der Waals surface area contributed by atoms with Crippen molar-refractivity contribution >= 4 is 22.4 Å². The van der Waals surface area contributed by atoms with Crippen molar-refractivity contribution in [2.75, 3.05) is 18.4 Å². The second-order valence-corrected chi connectivity index (χ2v) is 7.29. The molecule has 0 spiro atoms. The van der Waals surface area contributed by atoms with Crippen molar-refractivity contribution in [3.05, 3.63) is 42.5 Å². The second-order valence-electron chi connectivity index (χ2n) is 7.29. The summed E-state index contributed by atoms with van der Waals surface area (Å²) < 4.78 is 0. The van der Waals surface area contributed by atoms with Gasteiger partial charge in [0.25, 0.3) is 5.91 Å². The zero-order chi connectivity index (χ0) is 16.4. The number of benzene rings is 2. The van der Waals surface area contributed by atoms with Crippen LogP contribution in [-0.2, 0) is 4.79 Å². The number of piperidine rings is 1. The van der Waals surface area contributed by atoms with E-state index in [1.807, 2.05) is 18.2 Å². The number of carbonyl (C=O) groups excluding carboxylic acids is 1. The van der Waals surface area contributed by atoms with Gasteiger partial charge in [0.1, 0.15) is 0 Å². The topological polar surface area (TPSA) is 33.5 Å². The minimum absolute atomic E-state index is 0.00771. The quantitative estimate of drug-likeness (QED) is 0.898. The Bertz CT molecular complexity index is 687. The zero-order valence-corrected chi connectivity index (χ0v) is 14.3. The van der Waals surface area contributed by atoms with Crippen molar-refractivity contribution in [3.8, 4) is 0 Å². The standard InChI is InChI=1S/C20H26N2O/c1-14-10-15(2)13-22(12-14)16(3)20(23)21-19-9-8-17-6-4-5-7-18(17)11-19/h4-9,11,14-16H,10,12-13H2,1-3H3,(H,21,23)/p+1/t14-,15-,16-/m0/s1. The molecule has 1 heterocycles. The summed E-state index contributed by atoms with van der Waals surface area (Å²) in [5, 5.41) is 5.46. The largest absolute Gasteiger partial charge is 0.324 e. The van der Waals surface area contributed by atoms with E-state index < -0.39 is 0 Å². The lowest BCUT2D eigenvalue weighted by molar-refractivity contribution is -0.925. The van der Waals surface area contributed by atoms with E-state index in [1.165, 1.54) is 16.7 Å². The maximum atomic E-state index is 12.6. The van der Waals surface area contributed by atoms with Gasteiger partial charge in [-0.2, -0.15) is 0 Å². The summed E-state index contributed by atoms with van der Waals surface area (Å²) in [6, 6.07) is 14.3. The first kappa shape index (κ1) is 16.0. The lowest BCUT2D eigenvalue weighted by Gasteiger charge is -2.35. The van der Waals surface area contributed by atoms with Crippen LogP contribution in [-0.4, -0.2) is 25.0 Å². The van der Waals surface area contributed by atoms with Crippen LogP contribution in [0.5, 0.6) is 0 Å². The van der Waals surface area contributed by atoms with Gasteiger partial charge in [-0.25, -0.2) is 0 Å². The Morgan fingerprint density at radius 2 is 1.74 bits per heavy atom. The molecule has 1 saturated heterocycles. The molecule has 0 radical (unpaired) electrons. The molecule has 0 bridgehead atoms. The average Bonchev–Trinajstić information content (AvgIpc) is 2.53. The fourth-order valence-electron chi connectivity index (χ4n) is 3.89. The highest BCUT2D eigenvalue weighted by Crippen LogP contribution is 2.19. The molecule has 1 aliphatic rings. The van der Waals surface area contributed by atoms with Gasteiger partial charge in [-0.1, -0.05) is 44.2 Å². The van der Waals surface area contributed by atoms with E-state index in [1.54, 1.807) is 0 Å². The fraction of sp³-hybridized carbons (Fsp3) is 0.450. The summed E-state index contributed by atoms with van der Waals surface area (Å²) in [7, 11) is 0. The Morgan fingerprint density at radius 3 is 2.43 bits per heavy atom. The molecule has 1 amide bonds. The van der Waals surface area contributed by atoms with Crippen LogP contribution >= 0.6 is 0 Å². The maximum absolute atomic E-state index is 12.6. The SMILES string of the molecule is C[C@H]1C[C@H](C)C[NH+]([C@@H](C)C(=O)Nc2ccc3ccccc3c2)C1.